The smallest absolute Gasteiger partial charge is 0.333 e. The van der Waals surface area contributed by atoms with Crippen molar-refractivity contribution in [2.24, 2.45) is 0 Å². The highest BCUT2D eigenvalue weighted by Gasteiger charge is 2.26. The molecule has 3 aromatic rings. The van der Waals surface area contributed by atoms with Gasteiger partial charge in [-0.1, -0.05) is 48.5 Å². The van der Waals surface area contributed by atoms with Gasteiger partial charge in [0.2, 0.25) is 0 Å². The van der Waals surface area contributed by atoms with Crippen LogP contribution in [0.5, 0.6) is 0 Å². The SMILES string of the molecule is O=C(COC(=O)C(NC(=O)c1ccco1)c1ccccc1)NCc1ccccc1F. The molecule has 7 nitrogen and oxygen atoms in total. The number of nitrogens with one attached hydrogen (secondary N) is 2. The minimum atomic E-state index is -1.14. The molecule has 0 aliphatic heterocycles. The molecule has 1 heterocycles. The van der Waals surface area contributed by atoms with E-state index in [1.807, 2.05) is 0 Å². The van der Waals surface area contributed by atoms with Gasteiger partial charge in [0.25, 0.3) is 11.8 Å². The molecule has 0 radical (unpaired) electrons. The normalized spacial score (nSPS) is 11.4. The standard InChI is InChI=1S/C22H19FN2O5/c23-17-10-5-4-9-16(17)13-24-19(26)14-30-22(28)20(15-7-2-1-3-8-15)25-21(27)18-11-6-12-29-18/h1-12,20H,13-14H2,(H,24,26)(H,25,27). The Labute approximate surface area is 171 Å². The first-order valence-electron chi connectivity index (χ1n) is 9.10. The quantitative estimate of drug-likeness (QED) is 0.557. The van der Waals surface area contributed by atoms with Gasteiger partial charge in [-0.15, -0.1) is 0 Å². The number of esters is 1. The van der Waals surface area contributed by atoms with Gasteiger partial charge >= 0.3 is 5.97 Å². The predicted octanol–water partition coefficient (Wildman–Crippen LogP) is 2.75. The van der Waals surface area contributed by atoms with Gasteiger partial charge in [-0.2, -0.15) is 0 Å². The first-order valence-corrected chi connectivity index (χ1v) is 9.10. The molecule has 2 aromatic carbocycles. The predicted molar refractivity (Wildman–Crippen MR) is 105 cm³/mol. The van der Waals surface area contributed by atoms with E-state index in [4.69, 9.17) is 9.15 Å². The zero-order valence-corrected chi connectivity index (χ0v) is 15.8. The Morgan fingerprint density at radius 3 is 2.40 bits per heavy atom. The van der Waals surface area contributed by atoms with E-state index in [1.54, 1.807) is 48.5 Å². The van der Waals surface area contributed by atoms with Gasteiger partial charge in [0.15, 0.2) is 18.4 Å². The van der Waals surface area contributed by atoms with Gasteiger partial charge in [-0.3, -0.25) is 9.59 Å². The Bertz CT molecular complexity index is 1010. The first kappa shape index (κ1) is 20.8. The van der Waals surface area contributed by atoms with Gasteiger partial charge < -0.3 is 19.8 Å². The zero-order valence-electron chi connectivity index (χ0n) is 15.8. The van der Waals surface area contributed by atoms with E-state index in [0.717, 1.165) is 0 Å². The molecule has 0 fully saturated rings. The lowest BCUT2D eigenvalue weighted by Crippen LogP contribution is -2.36. The summed E-state index contributed by atoms with van der Waals surface area (Å²) >= 11 is 0. The Morgan fingerprint density at radius 1 is 0.967 bits per heavy atom. The third-order valence-electron chi connectivity index (χ3n) is 4.17. The molecule has 0 saturated heterocycles. The van der Waals surface area contributed by atoms with E-state index >= 15 is 0 Å². The number of amides is 2. The van der Waals surface area contributed by atoms with Crippen molar-refractivity contribution in [3.8, 4) is 0 Å². The maximum atomic E-state index is 13.6. The molecule has 154 valence electrons. The second kappa shape index (κ2) is 10.0. The highest BCUT2D eigenvalue weighted by molar-refractivity contribution is 5.95. The van der Waals surface area contributed by atoms with Crippen LogP contribution in [-0.4, -0.2) is 24.4 Å². The van der Waals surface area contributed by atoms with Crippen molar-refractivity contribution in [1.82, 2.24) is 10.6 Å². The van der Waals surface area contributed by atoms with Gasteiger partial charge in [-0.25, -0.2) is 9.18 Å². The van der Waals surface area contributed by atoms with Gasteiger partial charge in [0, 0.05) is 12.1 Å². The fraction of sp³-hybridized carbons (Fsp3) is 0.136. The average molecular weight is 410 g/mol. The average Bonchev–Trinajstić information content (AvgIpc) is 3.31. The van der Waals surface area contributed by atoms with E-state index in [1.165, 1.54) is 24.5 Å². The summed E-state index contributed by atoms with van der Waals surface area (Å²) in [7, 11) is 0. The van der Waals surface area contributed by atoms with Gasteiger partial charge in [0.05, 0.1) is 6.26 Å². The number of halogens is 1. The molecular formula is C22H19FN2O5. The Balaban J connectivity index is 1.59. The van der Waals surface area contributed by atoms with Crippen LogP contribution in [0.4, 0.5) is 4.39 Å². The topological polar surface area (TPSA) is 97.6 Å². The second-order valence-electron chi connectivity index (χ2n) is 6.27. The van der Waals surface area contributed by atoms with E-state index in [0.29, 0.717) is 11.1 Å². The molecule has 8 heteroatoms. The number of rotatable bonds is 8. The molecule has 1 aromatic heterocycles. The third kappa shape index (κ3) is 5.54. The Hall–Kier alpha value is -3.94. The fourth-order valence-electron chi connectivity index (χ4n) is 2.64. The first-order chi connectivity index (χ1) is 14.5. The van der Waals surface area contributed by atoms with Crippen LogP contribution >= 0.6 is 0 Å². The maximum absolute atomic E-state index is 13.6. The van der Waals surface area contributed by atoms with E-state index in [2.05, 4.69) is 10.6 Å². The number of benzene rings is 2. The molecule has 1 atom stereocenters. The van der Waals surface area contributed by atoms with E-state index in [-0.39, 0.29) is 12.3 Å². The zero-order chi connectivity index (χ0) is 21.3. The highest BCUT2D eigenvalue weighted by atomic mass is 19.1. The summed E-state index contributed by atoms with van der Waals surface area (Å²) in [5.41, 5.74) is 0.791. The molecule has 0 aliphatic carbocycles. The lowest BCUT2D eigenvalue weighted by Gasteiger charge is -2.17. The lowest BCUT2D eigenvalue weighted by molar-refractivity contribution is -0.150. The Morgan fingerprint density at radius 2 is 1.70 bits per heavy atom. The van der Waals surface area contributed by atoms with Gasteiger partial charge in [-0.05, 0) is 23.8 Å². The van der Waals surface area contributed by atoms with Crippen LogP contribution in [0.2, 0.25) is 0 Å². The van der Waals surface area contributed by atoms with Crippen molar-refractivity contribution in [2.45, 2.75) is 12.6 Å². The summed E-state index contributed by atoms with van der Waals surface area (Å²) in [5.74, 6) is -2.43. The number of hydrogen-bond acceptors (Lipinski definition) is 5. The Kier molecular flexibility index (Phi) is 6.94. The minimum absolute atomic E-state index is 0.0337. The number of carbonyl (C=O) groups is 3. The number of ether oxygens (including phenoxy) is 1. The molecule has 3 rings (SSSR count). The van der Waals surface area contributed by atoms with Gasteiger partial charge in [0.1, 0.15) is 5.82 Å². The monoisotopic (exact) mass is 410 g/mol. The summed E-state index contributed by atoms with van der Waals surface area (Å²) < 4.78 is 23.7. The summed E-state index contributed by atoms with van der Waals surface area (Å²) in [6.45, 7) is -0.617. The van der Waals surface area contributed by atoms with Crippen LogP contribution in [0.3, 0.4) is 0 Å². The molecule has 0 bridgehead atoms. The molecule has 30 heavy (non-hydrogen) atoms. The molecular weight excluding hydrogens is 391 g/mol. The van der Waals surface area contributed by atoms with Crippen molar-refractivity contribution in [3.63, 3.8) is 0 Å². The van der Waals surface area contributed by atoms with Crippen molar-refractivity contribution in [2.75, 3.05) is 6.61 Å². The molecule has 1 unspecified atom stereocenters. The van der Waals surface area contributed by atoms with Crippen molar-refractivity contribution >= 4 is 17.8 Å². The van der Waals surface area contributed by atoms with Crippen LogP contribution in [0.1, 0.15) is 27.7 Å². The number of carbonyl (C=O) groups excluding carboxylic acids is 3. The molecule has 0 saturated carbocycles. The lowest BCUT2D eigenvalue weighted by atomic mass is 10.1. The summed E-state index contributed by atoms with van der Waals surface area (Å²) in [4.78, 5) is 36.9. The molecule has 2 amide bonds. The fourth-order valence-corrected chi connectivity index (χ4v) is 2.64. The largest absolute Gasteiger partial charge is 0.459 e. The minimum Gasteiger partial charge on any atom is -0.459 e. The third-order valence-corrected chi connectivity index (χ3v) is 4.17. The van der Waals surface area contributed by atoms with Crippen LogP contribution in [0.25, 0.3) is 0 Å². The van der Waals surface area contributed by atoms with Crippen LogP contribution in [0.15, 0.2) is 77.4 Å². The van der Waals surface area contributed by atoms with E-state index < -0.39 is 36.2 Å². The highest BCUT2D eigenvalue weighted by Crippen LogP contribution is 2.16. The summed E-state index contributed by atoms with van der Waals surface area (Å²) in [6.07, 6.45) is 1.34. The molecule has 2 N–H and O–H groups in total. The molecule has 0 aliphatic rings. The van der Waals surface area contributed by atoms with Crippen molar-refractivity contribution in [1.29, 1.82) is 0 Å². The summed E-state index contributed by atoms with van der Waals surface area (Å²) in [5, 5.41) is 5.01. The molecule has 0 spiro atoms. The number of furan rings is 1. The number of hydrogen-bond donors (Lipinski definition) is 2. The van der Waals surface area contributed by atoms with Crippen LogP contribution in [0, 0.1) is 5.82 Å². The van der Waals surface area contributed by atoms with Crippen molar-refractivity contribution < 1.29 is 27.9 Å². The van der Waals surface area contributed by atoms with Crippen molar-refractivity contribution in [3.05, 3.63) is 95.7 Å². The van der Waals surface area contributed by atoms with E-state index in [9.17, 15) is 18.8 Å². The maximum Gasteiger partial charge on any atom is 0.333 e. The van der Waals surface area contributed by atoms with Crippen LogP contribution < -0.4 is 10.6 Å². The van der Waals surface area contributed by atoms with Crippen LogP contribution in [-0.2, 0) is 20.9 Å². The summed E-state index contributed by atoms with van der Waals surface area (Å²) in [6, 6.07) is 16.3. The second-order valence-corrected chi connectivity index (χ2v) is 6.27.